The smallest absolute Gasteiger partial charge is 0.322 e. The molecule has 0 spiro atoms. The van der Waals surface area contributed by atoms with Crippen LogP contribution in [0.3, 0.4) is 0 Å². The Bertz CT molecular complexity index is 304. The second-order valence-corrected chi connectivity index (χ2v) is 4.11. The van der Waals surface area contributed by atoms with Crippen molar-refractivity contribution in [3.8, 4) is 6.07 Å². The number of primary amides is 2. The van der Waals surface area contributed by atoms with Crippen molar-refractivity contribution in [2.45, 2.75) is 13.3 Å². The van der Waals surface area contributed by atoms with Gasteiger partial charge < -0.3 is 11.5 Å². The summed E-state index contributed by atoms with van der Waals surface area (Å²) < 4.78 is 4.34. The van der Waals surface area contributed by atoms with Crippen LogP contribution in [0.2, 0.25) is 0 Å². The molecule has 0 aromatic heterocycles. The second kappa shape index (κ2) is 12.5. The predicted molar refractivity (Wildman–Crippen MR) is 66.4 cm³/mol. The van der Waals surface area contributed by atoms with Crippen LogP contribution in [0.5, 0.6) is 0 Å². The summed E-state index contributed by atoms with van der Waals surface area (Å²) in [5, 5.41) is 7.54. The molecule has 0 aromatic rings. The van der Waals surface area contributed by atoms with Crippen molar-refractivity contribution in [3.63, 3.8) is 0 Å². The molecule has 0 bridgehead atoms. The fourth-order valence-corrected chi connectivity index (χ4v) is 0.989. The molecule has 0 rings (SSSR count). The minimum atomic E-state index is -0.795. The molecule has 0 radical (unpaired) electrons. The van der Waals surface area contributed by atoms with Gasteiger partial charge in [-0.25, -0.2) is 9.59 Å². The van der Waals surface area contributed by atoms with Crippen molar-refractivity contribution >= 4 is 41.1 Å². The number of rotatable bonds is 3. The second-order valence-electron chi connectivity index (χ2n) is 2.17. The first-order valence-electron chi connectivity index (χ1n) is 4.23. The first-order chi connectivity index (χ1) is 7.93. The molecule has 8 nitrogen and oxygen atoms in total. The Morgan fingerprint density at radius 3 is 2.06 bits per heavy atom. The summed E-state index contributed by atoms with van der Waals surface area (Å²) in [7, 11) is 0. The van der Waals surface area contributed by atoms with Crippen LogP contribution >= 0.6 is 23.9 Å². The molecule has 6 N–H and O–H groups in total. The maximum atomic E-state index is 10.4. The van der Waals surface area contributed by atoms with Crippen LogP contribution in [0, 0.1) is 11.3 Å². The summed E-state index contributed by atoms with van der Waals surface area (Å²) in [4.78, 5) is 30.2. The summed E-state index contributed by atoms with van der Waals surface area (Å²) in [5.41, 5.74) is 9.34. The fraction of sp³-hybridized carbons (Fsp3) is 0.429. The molecule has 0 unspecified atom stereocenters. The van der Waals surface area contributed by atoms with Crippen LogP contribution in [-0.2, 0) is 4.79 Å². The maximum Gasteiger partial charge on any atom is 0.322 e. The Hall–Kier alpha value is -1.60. The van der Waals surface area contributed by atoms with Gasteiger partial charge in [-0.3, -0.25) is 14.2 Å². The van der Waals surface area contributed by atoms with Crippen LogP contribution in [0.1, 0.15) is 13.3 Å². The van der Waals surface area contributed by atoms with Crippen molar-refractivity contribution in [3.05, 3.63) is 0 Å². The zero-order chi connectivity index (χ0) is 13.7. The van der Waals surface area contributed by atoms with Crippen LogP contribution in [0.25, 0.3) is 0 Å². The lowest BCUT2D eigenvalue weighted by molar-refractivity contribution is -0.110. The number of hydrogen-bond donors (Lipinski definition) is 4. The van der Waals surface area contributed by atoms with Gasteiger partial charge in [0.25, 0.3) is 0 Å². The zero-order valence-electron chi connectivity index (χ0n) is 9.06. The molecule has 17 heavy (non-hydrogen) atoms. The number of carbonyl (C=O) groups is 3. The molecule has 0 aliphatic carbocycles. The van der Waals surface area contributed by atoms with E-state index >= 15 is 0 Å². The molecule has 0 saturated heterocycles. The lowest BCUT2D eigenvalue weighted by atomic mass is 10.5. The van der Waals surface area contributed by atoms with E-state index in [2.05, 4.69) is 10.5 Å². The van der Waals surface area contributed by atoms with E-state index in [1.165, 1.54) is 11.9 Å². The molecule has 10 heteroatoms. The minimum absolute atomic E-state index is 0.231. The highest BCUT2D eigenvalue weighted by Crippen LogP contribution is 1.97. The van der Waals surface area contributed by atoms with Crippen LogP contribution in [0.4, 0.5) is 9.59 Å². The summed E-state index contributed by atoms with van der Waals surface area (Å²) >= 11 is 1.81. The average Bonchev–Trinajstić information content (AvgIpc) is 2.25. The number of nitrogens with one attached hydrogen (secondary N) is 2. The normalized spacial score (nSPS) is 8.00. The van der Waals surface area contributed by atoms with Gasteiger partial charge in [0, 0.05) is 17.7 Å². The number of urea groups is 2. The van der Waals surface area contributed by atoms with E-state index in [9.17, 15) is 14.4 Å². The first kappa shape index (κ1) is 17.8. The van der Waals surface area contributed by atoms with E-state index in [0.717, 1.165) is 5.75 Å². The van der Waals surface area contributed by atoms with Gasteiger partial charge in [-0.15, -0.1) is 0 Å². The molecule has 0 saturated carbocycles. The molecule has 0 aliphatic rings. The lowest BCUT2D eigenvalue weighted by Crippen LogP contribution is -2.24. The third-order valence-electron chi connectivity index (χ3n) is 0.806. The standard InChI is InChI=1S/C4H5N3O2S.C3H8N2OS/c5-2-1-3(8)10-7-4(6)9;1-2-7-5-3(4)6/h1H2,(H3,6,7,9);2H2,1H3,(H3,4,5,6). The molecule has 0 aromatic carbocycles. The third-order valence-corrected chi connectivity index (χ3v) is 2.12. The van der Waals surface area contributed by atoms with Gasteiger partial charge in [0.2, 0.25) is 5.12 Å². The molecular weight excluding hydrogens is 266 g/mol. The van der Waals surface area contributed by atoms with Crippen LogP contribution in [-0.4, -0.2) is 22.9 Å². The van der Waals surface area contributed by atoms with E-state index in [4.69, 9.17) is 11.0 Å². The molecule has 0 aliphatic heterocycles. The summed E-state index contributed by atoms with van der Waals surface area (Å²) in [5.74, 6) is 0.850. The van der Waals surface area contributed by atoms with Crippen molar-refractivity contribution in [2.75, 3.05) is 5.75 Å². The molecule has 0 heterocycles. The van der Waals surface area contributed by atoms with Gasteiger partial charge in [0.15, 0.2) is 0 Å². The van der Waals surface area contributed by atoms with E-state index in [1.807, 2.05) is 11.6 Å². The topological polar surface area (TPSA) is 151 Å². The number of nitrogens with zero attached hydrogens (tertiary/aromatic N) is 1. The first-order valence-corrected chi connectivity index (χ1v) is 6.03. The Morgan fingerprint density at radius 1 is 1.24 bits per heavy atom. The average molecular weight is 279 g/mol. The van der Waals surface area contributed by atoms with Gasteiger partial charge in [-0.05, 0) is 11.9 Å². The van der Waals surface area contributed by atoms with Crippen molar-refractivity contribution in [1.29, 1.82) is 5.26 Å². The molecule has 4 amide bonds. The summed E-state index contributed by atoms with van der Waals surface area (Å²) in [6.45, 7) is 1.93. The third kappa shape index (κ3) is 20.5. The van der Waals surface area contributed by atoms with E-state index < -0.39 is 17.2 Å². The Morgan fingerprint density at radius 2 is 1.76 bits per heavy atom. The number of amides is 4. The molecule has 0 fully saturated rings. The van der Waals surface area contributed by atoms with Gasteiger partial charge in [-0.2, -0.15) is 5.26 Å². The number of carbonyl (C=O) groups excluding carboxylic acids is 3. The Labute approximate surface area is 107 Å². The van der Waals surface area contributed by atoms with Gasteiger partial charge in [-0.1, -0.05) is 6.92 Å². The number of hydrogen-bond acceptors (Lipinski definition) is 6. The van der Waals surface area contributed by atoms with Crippen LogP contribution < -0.4 is 20.9 Å². The zero-order valence-corrected chi connectivity index (χ0v) is 10.7. The molecule has 96 valence electrons. The van der Waals surface area contributed by atoms with E-state index in [1.54, 1.807) is 6.07 Å². The fourth-order valence-electron chi connectivity index (χ4n) is 0.351. The predicted octanol–water partition coefficient (Wildman–Crippen LogP) is 0.0660. The van der Waals surface area contributed by atoms with E-state index in [0.29, 0.717) is 11.9 Å². The highest BCUT2D eigenvalue weighted by molar-refractivity contribution is 8.12. The van der Waals surface area contributed by atoms with Crippen LogP contribution in [0.15, 0.2) is 0 Å². The largest absolute Gasteiger partial charge is 0.351 e. The Balaban J connectivity index is 0. The van der Waals surface area contributed by atoms with Gasteiger partial charge >= 0.3 is 12.1 Å². The number of nitriles is 1. The monoisotopic (exact) mass is 279 g/mol. The van der Waals surface area contributed by atoms with Crippen molar-refractivity contribution < 1.29 is 14.4 Å². The van der Waals surface area contributed by atoms with Gasteiger partial charge in [0.05, 0.1) is 6.07 Å². The molecular formula is C7H13N5O3S2. The maximum absolute atomic E-state index is 10.4. The summed E-state index contributed by atoms with van der Waals surface area (Å²) in [6.07, 6.45) is -0.231. The van der Waals surface area contributed by atoms with Crippen molar-refractivity contribution in [1.82, 2.24) is 9.44 Å². The Kier molecular flexibility index (Phi) is 13.0. The number of nitrogens with two attached hydrogens (primary N) is 2. The summed E-state index contributed by atoms with van der Waals surface area (Å²) in [6, 6.07) is 0.354. The van der Waals surface area contributed by atoms with Gasteiger partial charge in [0.1, 0.15) is 6.42 Å². The van der Waals surface area contributed by atoms with E-state index in [-0.39, 0.29) is 6.42 Å². The lowest BCUT2D eigenvalue weighted by Gasteiger charge is -1.93. The SMILES string of the molecule is CCSNC(N)=O.N#CCC(=O)SNC(N)=O. The molecule has 0 atom stereocenters. The highest BCUT2D eigenvalue weighted by atomic mass is 32.2. The van der Waals surface area contributed by atoms with Crippen molar-refractivity contribution in [2.24, 2.45) is 11.5 Å². The minimum Gasteiger partial charge on any atom is -0.351 e. The quantitative estimate of drug-likeness (QED) is 0.536. The highest BCUT2D eigenvalue weighted by Gasteiger charge is 2.01.